The second-order valence-corrected chi connectivity index (χ2v) is 9.18. The third-order valence-corrected chi connectivity index (χ3v) is 6.65. The molecule has 0 spiro atoms. The van der Waals surface area contributed by atoms with Crippen molar-refractivity contribution in [2.45, 2.75) is 76.7 Å². The number of nitrogens with two attached hydrogens (primary N) is 1. The highest BCUT2D eigenvalue weighted by Gasteiger charge is 2.43. The molecule has 0 bridgehead atoms. The minimum Gasteiger partial charge on any atom is -0.455 e. The molecular formula is C27H38N2O2. The molecule has 2 aliphatic rings. The highest BCUT2D eigenvalue weighted by Crippen LogP contribution is 2.44. The highest BCUT2D eigenvalue weighted by molar-refractivity contribution is 5.92. The number of esters is 1. The van der Waals surface area contributed by atoms with Crippen LogP contribution >= 0.6 is 0 Å². The van der Waals surface area contributed by atoms with Crippen molar-refractivity contribution in [2.24, 2.45) is 0 Å². The Bertz CT molecular complexity index is 881. The fourth-order valence-electron chi connectivity index (χ4n) is 5.04. The first-order valence-electron chi connectivity index (χ1n) is 11.7. The zero-order chi connectivity index (χ0) is 22.4. The van der Waals surface area contributed by atoms with Gasteiger partial charge in [0, 0.05) is 37.8 Å². The molecular weight excluding hydrogens is 384 g/mol. The number of cyclic esters (lactones) is 1. The van der Waals surface area contributed by atoms with E-state index in [9.17, 15) is 4.79 Å². The van der Waals surface area contributed by atoms with E-state index >= 15 is 0 Å². The van der Waals surface area contributed by atoms with Gasteiger partial charge in [-0.3, -0.25) is 0 Å². The zero-order valence-corrected chi connectivity index (χ0v) is 19.6. The number of hydrogen-bond donors (Lipinski definition) is 1. The molecule has 2 atom stereocenters. The van der Waals surface area contributed by atoms with Crippen molar-refractivity contribution in [1.29, 1.82) is 0 Å². The van der Waals surface area contributed by atoms with E-state index in [1.165, 1.54) is 5.57 Å². The highest BCUT2D eigenvalue weighted by atomic mass is 16.6. The van der Waals surface area contributed by atoms with Crippen molar-refractivity contribution in [2.75, 3.05) is 19.8 Å². The molecule has 0 radical (unpaired) electrons. The maximum Gasteiger partial charge on any atom is 0.336 e. The van der Waals surface area contributed by atoms with E-state index in [0.29, 0.717) is 0 Å². The van der Waals surface area contributed by atoms with Crippen LogP contribution in [0.3, 0.4) is 0 Å². The maximum absolute atomic E-state index is 13.5. The lowest BCUT2D eigenvalue weighted by Gasteiger charge is -2.42. The number of allylic oxidation sites excluding steroid dienone is 4. The van der Waals surface area contributed by atoms with Crippen molar-refractivity contribution in [3.8, 4) is 0 Å². The lowest BCUT2D eigenvalue weighted by molar-refractivity contribution is -0.160. The topological polar surface area (TPSA) is 55.6 Å². The third kappa shape index (κ3) is 5.41. The van der Waals surface area contributed by atoms with Crippen molar-refractivity contribution < 1.29 is 9.53 Å². The van der Waals surface area contributed by atoms with E-state index in [0.717, 1.165) is 73.9 Å². The fourth-order valence-corrected chi connectivity index (χ4v) is 5.04. The van der Waals surface area contributed by atoms with Crippen molar-refractivity contribution in [3.05, 3.63) is 64.9 Å². The summed E-state index contributed by atoms with van der Waals surface area (Å²) < 4.78 is 6.33. The first-order chi connectivity index (χ1) is 14.9. The largest absolute Gasteiger partial charge is 0.455 e. The van der Waals surface area contributed by atoms with E-state index in [4.69, 9.17) is 10.5 Å². The Morgan fingerprint density at radius 2 is 2.03 bits per heavy atom. The first kappa shape index (κ1) is 23.2. The number of carbonyl (C=O) groups is 1. The van der Waals surface area contributed by atoms with Crippen molar-refractivity contribution in [3.63, 3.8) is 0 Å². The van der Waals surface area contributed by atoms with Crippen LogP contribution in [-0.4, -0.2) is 30.6 Å². The number of rotatable bonds is 9. The van der Waals surface area contributed by atoms with Gasteiger partial charge in [0.25, 0.3) is 0 Å². The summed E-state index contributed by atoms with van der Waals surface area (Å²) in [5.41, 5.74) is 10.8. The molecule has 3 rings (SSSR count). The molecule has 168 valence electrons. The Balaban J connectivity index is 1.95. The number of ether oxygens (including phenoxy) is 1. The van der Waals surface area contributed by atoms with E-state index < -0.39 is 5.60 Å². The fraction of sp³-hybridized carbons (Fsp3) is 0.519. The molecule has 0 amide bonds. The van der Waals surface area contributed by atoms with Crippen LogP contribution in [-0.2, 0) is 9.53 Å². The molecule has 0 aromatic heterocycles. The van der Waals surface area contributed by atoms with Crippen LogP contribution in [0.1, 0.15) is 76.7 Å². The van der Waals surface area contributed by atoms with Crippen LogP contribution in [0, 0.1) is 0 Å². The summed E-state index contributed by atoms with van der Waals surface area (Å²) in [4.78, 5) is 15.7. The van der Waals surface area contributed by atoms with Gasteiger partial charge in [0.1, 0.15) is 5.60 Å². The van der Waals surface area contributed by atoms with E-state index in [1.54, 1.807) is 0 Å². The second-order valence-electron chi connectivity index (χ2n) is 9.18. The summed E-state index contributed by atoms with van der Waals surface area (Å²) in [6.45, 7) is 4.30. The van der Waals surface area contributed by atoms with Gasteiger partial charge in [-0.1, -0.05) is 56.2 Å². The molecule has 0 unspecified atom stereocenters. The maximum atomic E-state index is 13.5. The van der Waals surface area contributed by atoms with E-state index in [2.05, 4.69) is 43.0 Å². The second kappa shape index (κ2) is 10.2. The van der Waals surface area contributed by atoms with E-state index in [1.807, 2.05) is 32.3 Å². The molecule has 1 aromatic rings. The third-order valence-electron chi connectivity index (χ3n) is 6.65. The molecule has 1 heterocycles. The summed E-state index contributed by atoms with van der Waals surface area (Å²) in [5.74, 6) is -0.172. The molecule has 0 fully saturated rings. The number of carbonyl (C=O) groups excluding carboxylic acids is 1. The van der Waals surface area contributed by atoms with Crippen LogP contribution in [0.4, 0.5) is 5.69 Å². The van der Waals surface area contributed by atoms with E-state index in [-0.39, 0.29) is 11.9 Å². The molecule has 1 aromatic carbocycles. The van der Waals surface area contributed by atoms with Crippen LogP contribution in [0.5, 0.6) is 0 Å². The van der Waals surface area contributed by atoms with Gasteiger partial charge in [0.2, 0.25) is 0 Å². The number of benzene rings is 1. The Labute approximate surface area is 187 Å². The summed E-state index contributed by atoms with van der Waals surface area (Å²) in [7, 11) is 4.09. The average molecular weight is 423 g/mol. The van der Waals surface area contributed by atoms with Crippen LogP contribution in [0.2, 0.25) is 0 Å². The lowest BCUT2D eigenvalue weighted by Crippen LogP contribution is -2.43. The summed E-state index contributed by atoms with van der Waals surface area (Å²) in [6, 6.07) is 7.90. The Kier molecular flexibility index (Phi) is 7.64. The van der Waals surface area contributed by atoms with Gasteiger partial charge in [-0.2, -0.15) is 0 Å². The summed E-state index contributed by atoms with van der Waals surface area (Å²) in [6.07, 6.45) is 14.2. The van der Waals surface area contributed by atoms with Crippen molar-refractivity contribution in [1.82, 2.24) is 4.90 Å². The van der Waals surface area contributed by atoms with Gasteiger partial charge in [0.15, 0.2) is 0 Å². The Hall–Kier alpha value is -2.49. The normalized spacial score (nSPS) is 22.2. The van der Waals surface area contributed by atoms with Crippen LogP contribution in [0.15, 0.2) is 59.3 Å². The summed E-state index contributed by atoms with van der Waals surface area (Å²) in [5, 5.41) is 0. The van der Waals surface area contributed by atoms with Crippen LogP contribution < -0.4 is 5.73 Å². The number of anilines is 1. The Morgan fingerprint density at radius 1 is 1.23 bits per heavy atom. The number of nitrogens with zero attached hydrogens (tertiary/aromatic N) is 1. The monoisotopic (exact) mass is 422 g/mol. The molecule has 1 aliphatic carbocycles. The predicted octanol–water partition coefficient (Wildman–Crippen LogP) is 6.12. The molecule has 0 saturated carbocycles. The SMILES string of the molecule is CCC[C@@]1(CCC2=CC=CCC2)CC(N(C)C)=C([C@H](CC)c2cccc(N)c2)C(=O)O1. The standard InChI is InChI=1S/C27H38N2O2/c1-5-16-27(17-15-20-11-8-7-9-12-20)19-24(29(3)4)25(26(30)31-27)23(6-2)21-13-10-14-22(28)18-21/h7-8,10-11,13-14,18,23H,5-6,9,12,15-17,19,28H2,1-4H3/t23-,27-/m1/s1. The van der Waals surface area contributed by atoms with Gasteiger partial charge in [-0.25, -0.2) is 4.79 Å². The summed E-state index contributed by atoms with van der Waals surface area (Å²) >= 11 is 0. The van der Waals surface area contributed by atoms with Crippen LogP contribution in [0.25, 0.3) is 0 Å². The van der Waals surface area contributed by atoms with Crippen molar-refractivity contribution >= 4 is 11.7 Å². The molecule has 4 heteroatoms. The minimum absolute atomic E-state index is 0.0146. The van der Waals surface area contributed by atoms with Gasteiger partial charge >= 0.3 is 5.97 Å². The van der Waals surface area contributed by atoms with Gasteiger partial charge in [0.05, 0.1) is 5.57 Å². The molecule has 2 N–H and O–H groups in total. The van der Waals surface area contributed by atoms with Gasteiger partial charge in [-0.05, 0) is 56.2 Å². The first-order valence-corrected chi connectivity index (χ1v) is 11.7. The molecule has 0 saturated heterocycles. The zero-order valence-electron chi connectivity index (χ0n) is 19.6. The smallest absolute Gasteiger partial charge is 0.336 e. The van der Waals surface area contributed by atoms with Gasteiger partial charge < -0.3 is 15.4 Å². The molecule has 4 nitrogen and oxygen atoms in total. The quantitative estimate of drug-likeness (QED) is 0.385. The molecule has 31 heavy (non-hydrogen) atoms. The predicted molar refractivity (Wildman–Crippen MR) is 129 cm³/mol. The number of hydrogen-bond acceptors (Lipinski definition) is 4. The van der Waals surface area contributed by atoms with Gasteiger partial charge in [-0.15, -0.1) is 0 Å². The average Bonchev–Trinajstić information content (AvgIpc) is 2.75. The Morgan fingerprint density at radius 3 is 2.65 bits per heavy atom. The minimum atomic E-state index is -0.426. The lowest BCUT2D eigenvalue weighted by atomic mass is 9.78. The molecule has 1 aliphatic heterocycles. The number of nitrogen functional groups attached to an aromatic ring is 1.